The molecule has 6 nitrogen and oxygen atoms in total. The molecule has 0 atom stereocenters. The fraction of sp³-hybridized carbons (Fsp3) is 0.444. The molecule has 1 saturated heterocycles. The first-order valence-corrected chi connectivity index (χ1v) is 8.75. The maximum Gasteiger partial charge on any atom is 0.227 e. The Morgan fingerprint density at radius 2 is 1.88 bits per heavy atom. The Morgan fingerprint density at radius 1 is 1.16 bits per heavy atom. The molecule has 0 amide bonds. The normalized spacial score (nSPS) is 15.1. The Kier molecular flexibility index (Phi) is 5.48. The zero-order valence-corrected chi connectivity index (χ0v) is 15.5. The van der Waals surface area contributed by atoms with Crippen molar-refractivity contribution in [1.29, 1.82) is 0 Å². The summed E-state index contributed by atoms with van der Waals surface area (Å²) in [5.41, 5.74) is 0.737. The fourth-order valence-corrected chi connectivity index (χ4v) is 3.11. The van der Waals surface area contributed by atoms with E-state index in [-0.39, 0.29) is 0 Å². The molecule has 134 valence electrons. The highest BCUT2D eigenvalue weighted by Crippen LogP contribution is 2.37. The van der Waals surface area contributed by atoms with Crippen LogP contribution < -0.4 is 19.7 Å². The number of aromatic nitrogens is 2. The first-order valence-electron chi connectivity index (χ1n) is 8.37. The monoisotopic (exact) mass is 362 g/mol. The van der Waals surface area contributed by atoms with Gasteiger partial charge in [0.25, 0.3) is 0 Å². The molecule has 0 saturated carbocycles. The van der Waals surface area contributed by atoms with Crippen molar-refractivity contribution in [2.45, 2.75) is 19.8 Å². The topological polar surface area (TPSA) is 59.5 Å². The number of hydrogen-bond donors (Lipinski definition) is 1. The van der Waals surface area contributed by atoms with E-state index in [4.69, 9.17) is 21.1 Å². The third-order valence-electron chi connectivity index (χ3n) is 4.45. The maximum absolute atomic E-state index is 6.16. The molecule has 0 bridgehead atoms. The molecule has 0 radical (unpaired) electrons. The third-order valence-corrected chi connectivity index (χ3v) is 4.74. The van der Waals surface area contributed by atoms with Gasteiger partial charge in [-0.25, -0.2) is 4.98 Å². The summed E-state index contributed by atoms with van der Waals surface area (Å²) in [4.78, 5) is 11.3. The van der Waals surface area contributed by atoms with Crippen LogP contribution in [0.3, 0.4) is 0 Å². The quantitative estimate of drug-likeness (QED) is 0.863. The number of methoxy groups -OCH3 is 2. The van der Waals surface area contributed by atoms with Gasteiger partial charge in [0.15, 0.2) is 0 Å². The zero-order chi connectivity index (χ0) is 17.8. The minimum Gasteiger partial charge on any atom is -0.495 e. The van der Waals surface area contributed by atoms with E-state index in [0.717, 1.165) is 30.6 Å². The van der Waals surface area contributed by atoms with E-state index in [9.17, 15) is 0 Å². The molecule has 7 heteroatoms. The Hall–Kier alpha value is -2.21. The third kappa shape index (κ3) is 4.07. The smallest absolute Gasteiger partial charge is 0.227 e. The summed E-state index contributed by atoms with van der Waals surface area (Å²) in [5.74, 6) is 3.41. The minimum atomic E-state index is 0.496. The minimum absolute atomic E-state index is 0.496. The van der Waals surface area contributed by atoms with Crippen LogP contribution in [0.25, 0.3) is 0 Å². The van der Waals surface area contributed by atoms with Crippen LogP contribution in [0.15, 0.2) is 24.4 Å². The molecule has 1 aliphatic heterocycles. The molecular weight excluding hydrogens is 340 g/mol. The number of nitrogens with one attached hydrogen (secondary N) is 1. The SMILES string of the molecule is COc1cc(Nc2ccnc(N3CCC(C)CC3)n2)c(OC)cc1Cl. The summed E-state index contributed by atoms with van der Waals surface area (Å²) in [6.07, 6.45) is 4.11. The van der Waals surface area contributed by atoms with E-state index in [1.807, 2.05) is 6.07 Å². The Labute approximate surface area is 153 Å². The van der Waals surface area contributed by atoms with Crippen molar-refractivity contribution >= 4 is 29.1 Å². The molecule has 2 heterocycles. The van der Waals surface area contributed by atoms with Gasteiger partial charge in [0.05, 0.1) is 24.9 Å². The Morgan fingerprint density at radius 3 is 2.56 bits per heavy atom. The van der Waals surface area contributed by atoms with E-state index in [1.54, 1.807) is 32.5 Å². The van der Waals surface area contributed by atoms with Crippen LogP contribution in [-0.2, 0) is 0 Å². The van der Waals surface area contributed by atoms with Gasteiger partial charge in [0.2, 0.25) is 5.95 Å². The summed E-state index contributed by atoms with van der Waals surface area (Å²) in [6.45, 7) is 4.27. The van der Waals surface area contributed by atoms with E-state index < -0.39 is 0 Å². The van der Waals surface area contributed by atoms with E-state index in [2.05, 4.69) is 27.1 Å². The molecule has 0 aliphatic carbocycles. The summed E-state index contributed by atoms with van der Waals surface area (Å²) in [6, 6.07) is 5.35. The standard InChI is InChI=1S/C18H23ClN4O2/c1-12-5-8-23(9-6-12)18-20-7-4-17(22-18)21-14-11-15(24-2)13(19)10-16(14)25-3/h4,7,10-12H,5-6,8-9H2,1-3H3,(H,20,21,22). The Bertz CT molecular complexity index is 733. The number of halogens is 1. The van der Waals surface area contributed by atoms with Crippen LogP contribution in [0.5, 0.6) is 11.5 Å². The maximum atomic E-state index is 6.16. The number of ether oxygens (including phenoxy) is 2. The van der Waals surface area contributed by atoms with Crippen molar-refractivity contribution in [3.05, 3.63) is 29.4 Å². The van der Waals surface area contributed by atoms with Gasteiger partial charge in [-0.05, 0) is 24.8 Å². The van der Waals surface area contributed by atoms with Crippen molar-refractivity contribution < 1.29 is 9.47 Å². The second kappa shape index (κ2) is 7.78. The van der Waals surface area contributed by atoms with Gasteiger partial charge in [-0.15, -0.1) is 0 Å². The average molecular weight is 363 g/mol. The summed E-state index contributed by atoms with van der Waals surface area (Å²) in [5, 5.41) is 3.77. The van der Waals surface area contributed by atoms with E-state index in [1.165, 1.54) is 12.8 Å². The highest BCUT2D eigenvalue weighted by Gasteiger charge is 2.18. The zero-order valence-electron chi connectivity index (χ0n) is 14.8. The molecule has 0 spiro atoms. The van der Waals surface area contributed by atoms with Crippen molar-refractivity contribution in [2.75, 3.05) is 37.5 Å². The first kappa shape index (κ1) is 17.6. The lowest BCUT2D eigenvalue weighted by atomic mass is 10.00. The van der Waals surface area contributed by atoms with Gasteiger partial charge in [-0.1, -0.05) is 18.5 Å². The Balaban J connectivity index is 1.83. The molecule has 1 aromatic heterocycles. The highest BCUT2D eigenvalue weighted by molar-refractivity contribution is 6.32. The number of rotatable bonds is 5. The number of benzene rings is 1. The van der Waals surface area contributed by atoms with E-state index in [0.29, 0.717) is 22.3 Å². The predicted molar refractivity (Wildman–Crippen MR) is 100 cm³/mol. The molecule has 1 N–H and O–H groups in total. The molecule has 1 aliphatic rings. The van der Waals surface area contributed by atoms with Gasteiger partial charge in [-0.2, -0.15) is 4.98 Å². The van der Waals surface area contributed by atoms with Gasteiger partial charge < -0.3 is 19.7 Å². The van der Waals surface area contributed by atoms with Gasteiger partial charge >= 0.3 is 0 Å². The highest BCUT2D eigenvalue weighted by atomic mass is 35.5. The number of nitrogens with zero attached hydrogens (tertiary/aromatic N) is 3. The van der Waals surface area contributed by atoms with Crippen LogP contribution in [0.1, 0.15) is 19.8 Å². The predicted octanol–water partition coefficient (Wildman–Crippen LogP) is 4.13. The molecule has 3 rings (SSSR count). The number of anilines is 3. The average Bonchev–Trinajstić information content (AvgIpc) is 2.63. The second-order valence-electron chi connectivity index (χ2n) is 6.22. The lowest BCUT2D eigenvalue weighted by Crippen LogP contribution is -2.34. The molecule has 1 aromatic carbocycles. The fourth-order valence-electron chi connectivity index (χ4n) is 2.88. The summed E-state index contributed by atoms with van der Waals surface area (Å²) < 4.78 is 10.7. The van der Waals surface area contributed by atoms with Crippen LogP contribution in [0.4, 0.5) is 17.5 Å². The summed E-state index contributed by atoms with van der Waals surface area (Å²) in [7, 11) is 3.18. The van der Waals surface area contributed by atoms with Gasteiger partial charge in [0, 0.05) is 31.4 Å². The van der Waals surface area contributed by atoms with Crippen molar-refractivity contribution in [3.63, 3.8) is 0 Å². The lowest BCUT2D eigenvalue weighted by molar-refractivity contribution is 0.405. The molecule has 2 aromatic rings. The first-order chi connectivity index (χ1) is 12.1. The molecule has 0 unspecified atom stereocenters. The van der Waals surface area contributed by atoms with Crippen LogP contribution >= 0.6 is 11.6 Å². The number of hydrogen-bond acceptors (Lipinski definition) is 6. The van der Waals surface area contributed by atoms with Crippen molar-refractivity contribution in [1.82, 2.24) is 9.97 Å². The van der Waals surface area contributed by atoms with Crippen molar-refractivity contribution in [2.24, 2.45) is 5.92 Å². The molecule has 25 heavy (non-hydrogen) atoms. The van der Waals surface area contributed by atoms with E-state index >= 15 is 0 Å². The van der Waals surface area contributed by atoms with Crippen LogP contribution in [0.2, 0.25) is 5.02 Å². The van der Waals surface area contributed by atoms with Crippen LogP contribution in [0, 0.1) is 5.92 Å². The lowest BCUT2D eigenvalue weighted by Gasteiger charge is -2.30. The molecule has 1 fully saturated rings. The van der Waals surface area contributed by atoms with Crippen LogP contribution in [-0.4, -0.2) is 37.3 Å². The molecular formula is C18H23ClN4O2. The van der Waals surface area contributed by atoms with Gasteiger partial charge in [0.1, 0.15) is 17.3 Å². The second-order valence-corrected chi connectivity index (χ2v) is 6.63. The number of piperidine rings is 1. The summed E-state index contributed by atoms with van der Waals surface area (Å²) >= 11 is 6.16. The largest absolute Gasteiger partial charge is 0.495 e. The van der Waals surface area contributed by atoms with Crippen molar-refractivity contribution in [3.8, 4) is 11.5 Å². The van der Waals surface area contributed by atoms with Gasteiger partial charge in [-0.3, -0.25) is 0 Å².